The number of morpholine rings is 1. The summed E-state index contributed by atoms with van der Waals surface area (Å²) in [5, 5.41) is 3.64. The Morgan fingerprint density at radius 3 is 2.68 bits per heavy atom. The molecule has 2 heterocycles. The van der Waals surface area contributed by atoms with Crippen molar-refractivity contribution in [3.63, 3.8) is 0 Å². The summed E-state index contributed by atoms with van der Waals surface area (Å²) in [7, 11) is 0. The van der Waals surface area contributed by atoms with Gasteiger partial charge in [0.15, 0.2) is 0 Å². The lowest BCUT2D eigenvalue weighted by Gasteiger charge is -2.29. The first-order valence-electron chi connectivity index (χ1n) is 7.14. The van der Waals surface area contributed by atoms with Crippen molar-refractivity contribution < 1.29 is 4.74 Å². The topological polar surface area (TPSA) is 24.5 Å². The lowest BCUT2D eigenvalue weighted by atomic mass is 10.1. The molecule has 1 unspecified atom stereocenters. The highest BCUT2D eigenvalue weighted by Crippen LogP contribution is 2.19. The first kappa shape index (κ1) is 13.3. The minimum Gasteiger partial charge on any atom is -0.378 e. The van der Waals surface area contributed by atoms with Gasteiger partial charge in [0.25, 0.3) is 0 Å². The molecule has 0 bridgehead atoms. The van der Waals surface area contributed by atoms with E-state index in [1.54, 1.807) is 0 Å². The van der Waals surface area contributed by atoms with E-state index < -0.39 is 0 Å². The quantitative estimate of drug-likeness (QED) is 0.912. The van der Waals surface area contributed by atoms with Gasteiger partial charge in [0, 0.05) is 37.1 Å². The summed E-state index contributed by atoms with van der Waals surface area (Å²) < 4.78 is 5.39. The molecule has 3 rings (SSSR count). The van der Waals surface area contributed by atoms with Crippen LogP contribution in [0.4, 0.5) is 5.69 Å². The SMILES string of the molecule is c1cc(N2CCOCC2)ccc1CNC1CCSC1. The summed E-state index contributed by atoms with van der Waals surface area (Å²) in [6.07, 6.45) is 1.32. The second-order valence-electron chi connectivity index (χ2n) is 5.21. The maximum absolute atomic E-state index is 5.39. The molecule has 3 nitrogen and oxygen atoms in total. The zero-order chi connectivity index (χ0) is 12.9. The Kier molecular flexibility index (Phi) is 4.64. The van der Waals surface area contributed by atoms with Crippen LogP contribution in [0.25, 0.3) is 0 Å². The summed E-state index contributed by atoms with van der Waals surface area (Å²) in [5.41, 5.74) is 2.71. The largest absolute Gasteiger partial charge is 0.378 e. The number of ether oxygens (including phenoxy) is 1. The van der Waals surface area contributed by atoms with Gasteiger partial charge in [-0.3, -0.25) is 0 Å². The third-order valence-electron chi connectivity index (χ3n) is 3.84. The van der Waals surface area contributed by atoms with Crippen molar-refractivity contribution in [3.8, 4) is 0 Å². The maximum Gasteiger partial charge on any atom is 0.0642 e. The Bertz CT molecular complexity index is 384. The van der Waals surface area contributed by atoms with Gasteiger partial charge >= 0.3 is 0 Å². The van der Waals surface area contributed by atoms with E-state index in [-0.39, 0.29) is 0 Å². The predicted molar refractivity (Wildman–Crippen MR) is 82.0 cm³/mol. The normalized spacial score (nSPS) is 23.8. The Hall–Kier alpha value is -0.710. The zero-order valence-corrected chi connectivity index (χ0v) is 12.1. The molecule has 0 saturated carbocycles. The molecule has 2 aliphatic rings. The van der Waals surface area contributed by atoms with E-state index in [0.29, 0.717) is 6.04 Å². The summed E-state index contributed by atoms with van der Waals surface area (Å²) in [5.74, 6) is 2.58. The minimum atomic E-state index is 0.712. The van der Waals surface area contributed by atoms with Crippen molar-refractivity contribution in [2.24, 2.45) is 0 Å². The van der Waals surface area contributed by atoms with Crippen LogP contribution in [0, 0.1) is 0 Å². The number of hydrogen-bond donors (Lipinski definition) is 1. The molecular formula is C15H22N2OS. The lowest BCUT2D eigenvalue weighted by Crippen LogP contribution is -2.36. The van der Waals surface area contributed by atoms with E-state index in [9.17, 15) is 0 Å². The number of thioether (sulfide) groups is 1. The third-order valence-corrected chi connectivity index (χ3v) is 5.00. The second-order valence-corrected chi connectivity index (χ2v) is 6.36. The van der Waals surface area contributed by atoms with Crippen LogP contribution in [-0.2, 0) is 11.3 Å². The van der Waals surface area contributed by atoms with Crippen LogP contribution in [0.15, 0.2) is 24.3 Å². The smallest absolute Gasteiger partial charge is 0.0642 e. The van der Waals surface area contributed by atoms with Crippen LogP contribution in [0.2, 0.25) is 0 Å². The molecule has 0 aromatic heterocycles. The summed E-state index contributed by atoms with van der Waals surface area (Å²) in [6.45, 7) is 4.72. The van der Waals surface area contributed by atoms with E-state index in [4.69, 9.17) is 4.74 Å². The average molecular weight is 278 g/mol. The minimum absolute atomic E-state index is 0.712. The molecule has 0 aliphatic carbocycles. The first-order chi connectivity index (χ1) is 9.42. The predicted octanol–water partition coefficient (Wildman–Crippen LogP) is 2.12. The molecule has 4 heteroatoms. The van der Waals surface area contributed by atoms with Crippen LogP contribution in [0.5, 0.6) is 0 Å². The van der Waals surface area contributed by atoms with E-state index >= 15 is 0 Å². The van der Waals surface area contributed by atoms with Gasteiger partial charge in [-0.25, -0.2) is 0 Å². The van der Waals surface area contributed by atoms with E-state index in [0.717, 1.165) is 32.8 Å². The number of hydrogen-bond acceptors (Lipinski definition) is 4. The number of benzene rings is 1. The number of rotatable bonds is 4. The van der Waals surface area contributed by atoms with Crippen LogP contribution in [-0.4, -0.2) is 43.9 Å². The molecular weight excluding hydrogens is 256 g/mol. The van der Waals surface area contributed by atoms with E-state index in [1.807, 2.05) is 0 Å². The van der Waals surface area contributed by atoms with Crippen LogP contribution < -0.4 is 10.2 Å². The highest BCUT2D eigenvalue weighted by molar-refractivity contribution is 7.99. The standard InChI is InChI=1S/C15H22N2OS/c1-3-15(17-6-8-18-9-7-17)4-2-13(1)11-16-14-5-10-19-12-14/h1-4,14,16H,5-12H2. The fourth-order valence-corrected chi connectivity index (χ4v) is 3.79. The molecule has 0 amide bonds. The summed E-state index contributed by atoms with van der Waals surface area (Å²) in [6, 6.07) is 9.70. The molecule has 2 aliphatic heterocycles. The van der Waals surface area contributed by atoms with Gasteiger partial charge in [0.05, 0.1) is 13.2 Å². The van der Waals surface area contributed by atoms with Gasteiger partial charge in [-0.1, -0.05) is 12.1 Å². The molecule has 2 fully saturated rings. The van der Waals surface area contributed by atoms with Crippen molar-refractivity contribution in [2.75, 3.05) is 42.7 Å². The molecule has 19 heavy (non-hydrogen) atoms. The molecule has 0 spiro atoms. The van der Waals surface area contributed by atoms with Crippen LogP contribution >= 0.6 is 11.8 Å². The number of nitrogens with zero attached hydrogens (tertiary/aromatic N) is 1. The maximum atomic E-state index is 5.39. The Morgan fingerprint density at radius 2 is 2.00 bits per heavy atom. The molecule has 1 aromatic rings. The van der Waals surface area contributed by atoms with Gasteiger partial charge in [0.2, 0.25) is 0 Å². The molecule has 1 N–H and O–H groups in total. The van der Waals surface area contributed by atoms with E-state index in [2.05, 4.69) is 46.2 Å². The van der Waals surface area contributed by atoms with Crippen LogP contribution in [0.1, 0.15) is 12.0 Å². The van der Waals surface area contributed by atoms with Gasteiger partial charge in [-0.05, 0) is 29.9 Å². The summed E-state index contributed by atoms with van der Waals surface area (Å²) >= 11 is 2.06. The highest BCUT2D eigenvalue weighted by Gasteiger charge is 2.14. The Labute approximate surface area is 119 Å². The van der Waals surface area contributed by atoms with Crippen molar-refractivity contribution in [1.29, 1.82) is 0 Å². The molecule has 104 valence electrons. The Morgan fingerprint density at radius 1 is 1.21 bits per heavy atom. The van der Waals surface area contributed by atoms with Gasteiger partial charge in [-0.15, -0.1) is 0 Å². The highest BCUT2D eigenvalue weighted by atomic mass is 32.2. The molecule has 1 aromatic carbocycles. The number of nitrogens with one attached hydrogen (secondary N) is 1. The fraction of sp³-hybridized carbons (Fsp3) is 0.600. The molecule has 1 atom stereocenters. The summed E-state index contributed by atoms with van der Waals surface area (Å²) in [4.78, 5) is 2.40. The van der Waals surface area contributed by atoms with Gasteiger partial charge in [-0.2, -0.15) is 11.8 Å². The van der Waals surface area contributed by atoms with Crippen molar-refractivity contribution >= 4 is 17.4 Å². The van der Waals surface area contributed by atoms with Crippen molar-refractivity contribution in [3.05, 3.63) is 29.8 Å². The zero-order valence-electron chi connectivity index (χ0n) is 11.3. The molecule has 2 saturated heterocycles. The lowest BCUT2D eigenvalue weighted by molar-refractivity contribution is 0.122. The monoisotopic (exact) mass is 278 g/mol. The average Bonchev–Trinajstić information content (AvgIpc) is 3.00. The van der Waals surface area contributed by atoms with Crippen molar-refractivity contribution in [1.82, 2.24) is 5.32 Å². The molecule has 0 radical (unpaired) electrons. The fourth-order valence-electron chi connectivity index (χ4n) is 2.60. The van der Waals surface area contributed by atoms with E-state index in [1.165, 1.54) is 29.2 Å². The first-order valence-corrected chi connectivity index (χ1v) is 8.30. The second kappa shape index (κ2) is 6.64. The van der Waals surface area contributed by atoms with Crippen molar-refractivity contribution in [2.45, 2.75) is 19.0 Å². The van der Waals surface area contributed by atoms with Crippen LogP contribution in [0.3, 0.4) is 0 Å². The third kappa shape index (κ3) is 3.65. The van der Waals surface area contributed by atoms with Gasteiger partial charge < -0.3 is 15.0 Å². The van der Waals surface area contributed by atoms with Gasteiger partial charge in [0.1, 0.15) is 0 Å². The Balaban J connectivity index is 1.52. The number of anilines is 1.